The summed E-state index contributed by atoms with van der Waals surface area (Å²) in [5.41, 5.74) is 2.86. The Bertz CT molecular complexity index is 862. The van der Waals surface area contributed by atoms with Gasteiger partial charge in [-0.05, 0) is 47.5 Å². The van der Waals surface area contributed by atoms with Crippen molar-refractivity contribution in [1.82, 2.24) is 0 Å². The van der Waals surface area contributed by atoms with Crippen LogP contribution in [0.25, 0.3) is 11.1 Å². The highest BCUT2D eigenvalue weighted by Gasteiger charge is 2.09. The summed E-state index contributed by atoms with van der Waals surface area (Å²) in [7, 11) is 1.58. The molecule has 5 heteroatoms. The van der Waals surface area contributed by atoms with Crippen LogP contribution in [0.15, 0.2) is 72.8 Å². The summed E-state index contributed by atoms with van der Waals surface area (Å²) in [6.45, 7) is 0. The summed E-state index contributed by atoms with van der Waals surface area (Å²) in [4.78, 5) is 12.2. The number of methoxy groups -OCH3 is 1. The topological polar surface area (TPSA) is 70.6 Å². The number of hydrogen-bond donors (Lipinski definition) is 3. The van der Waals surface area contributed by atoms with Gasteiger partial charge in [-0.3, -0.25) is 0 Å². The van der Waals surface area contributed by atoms with E-state index in [9.17, 15) is 9.90 Å². The van der Waals surface area contributed by atoms with E-state index in [0.717, 1.165) is 11.1 Å². The normalized spacial score (nSPS) is 10.1. The summed E-state index contributed by atoms with van der Waals surface area (Å²) >= 11 is 0. The lowest BCUT2D eigenvalue weighted by molar-refractivity contribution is 0.262. The van der Waals surface area contributed by atoms with Crippen LogP contribution < -0.4 is 15.4 Å². The highest BCUT2D eigenvalue weighted by Crippen LogP contribution is 2.29. The second kappa shape index (κ2) is 7.40. The van der Waals surface area contributed by atoms with E-state index < -0.39 is 6.03 Å². The molecule has 0 atom stereocenters. The molecule has 0 aromatic heterocycles. The first-order valence-electron chi connectivity index (χ1n) is 7.76. The molecular formula is C20H18N2O3. The summed E-state index contributed by atoms with van der Waals surface area (Å²) in [5.74, 6) is 0.712. The molecule has 0 saturated carbocycles. The highest BCUT2D eigenvalue weighted by atomic mass is 16.5. The molecule has 3 rings (SSSR count). The second-order valence-corrected chi connectivity index (χ2v) is 5.41. The Morgan fingerprint density at radius 3 is 2.28 bits per heavy atom. The molecule has 5 nitrogen and oxygen atoms in total. The van der Waals surface area contributed by atoms with Crippen molar-refractivity contribution in [2.24, 2.45) is 0 Å². The van der Waals surface area contributed by atoms with Crippen molar-refractivity contribution < 1.29 is 14.6 Å². The SMILES string of the molecule is COc1ccc(NC(=O)Nc2cc(-c3ccccc3)ccc2O)cc1. The smallest absolute Gasteiger partial charge is 0.323 e. The molecular weight excluding hydrogens is 316 g/mol. The lowest BCUT2D eigenvalue weighted by atomic mass is 10.0. The molecule has 0 aliphatic carbocycles. The fraction of sp³-hybridized carbons (Fsp3) is 0.0500. The van der Waals surface area contributed by atoms with Gasteiger partial charge in [0.25, 0.3) is 0 Å². The molecule has 3 aromatic rings. The van der Waals surface area contributed by atoms with Crippen molar-refractivity contribution >= 4 is 17.4 Å². The fourth-order valence-corrected chi connectivity index (χ4v) is 2.41. The van der Waals surface area contributed by atoms with Gasteiger partial charge in [-0.15, -0.1) is 0 Å². The average Bonchev–Trinajstić information content (AvgIpc) is 2.65. The zero-order valence-electron chi connectivity index (χ0n) is 13.7. The molecule has 0 unspecified atom stereocenters. The van der Waals surface area contributed by atoms with Crippen LogP contribution in [0.2, 0.25) is 0 Å². The Morgan fingerprint density at radius 2 is 1.60 bits per heavy atom. The van der Waals surface area contributed by atoms with Crippen LogP contribution in [0.3, 0.4) is 0 Å². The first-order valence-corrected chi connectivity index (χ1v) is 7.76. The molecule has 0 aliphatic rings. The average molecular weight is 334 g/mol. The molecule has 126 valence electrons. The Labute approximate surface area is 145 Å². The van der Waals surface area contributed by atoms with E-state index in [1.165, 1.54) is 0 Å². The predicted molar refractivity (Wildman–Crippen MR) is 99.2 cm³/mol. The van der Waals surface area contributed by atoms with E-state index in [2.05, 4.69) is 10.6 Å². The van der Waals surface area contributed by atoms with Gasteiger partial charge in [0.1, 0.15) is 11.5 Å². The standard InChI is InChI=1S/C20H18N2O3/c1-25-17-10-8-16(9-11-17)21-20(24)22-18-13-15(7-12-19(18)23)14-5-3-2-4-6-14/h2-13,23H,1H3,(H2,21,22,24). The maximum atomic E-state index is 12.2. The number of carbonyl (C=O) groups excluding carboxylic acids is 1. The van der Waals surface area contributed by atoms with Crippen LogP contribution in [0.4, 0.5) is 16.2 Å². The van der Waals surface area contributed by atoms with Crippen LogP contribution in [0, 0.1) is 0 Å². The monoisotopic (exact) mass is 334 g/mol. The molecule has 2 amide bonds. The number of rotatable bonds is 4. The number of nitrogens with one attached hydrogen (secondary N) is 2. The van der Waals surface area contributed by atoms with Crippen molar-refractivity contribution in [3.8, 4) is 22.6 Å². The molecule has 0 bridgehead atoms. The molecule has 0 radical (unpaired) electrons. The van der Waals surface area contributed by atoms with Crippen LogP contribution >= 0.6 is 0 Å². The van der Waals surface area contributed by atoms with Crippen LogP contribution in [0.5, 0.6) is 11.5 Å². The molecule has 0 heterocycles. The largest absolute Gasteiger partial charge is 0.506 e. The summed E-state index contributed by atoms with van der Waals surface area (Å²) < 4.78 is 5.08. The number of anilines is 2. The van der Waals surface area contributed by atoms with Crippen molar-refractivity contribution in [3.05, 3.63) is 72.8 Å². The van der Waals surface area contributed by atoms with E-state index in [1.807, 2.05) is 30.3 Å². The minimum absolute atomic E-state index is 0.00422. The number of carbonyl (C=O) groups is 1. The van der Waals surface area contributed by atoms with Gasteiger partial charge in [0, 0.05) is 5.69 Å². The Kier molecular flexibility index (Phi) is 4.85. The Balaban J connectivity index is 1.74. The van der Waals surface area contributed by atoms with Gasteiger partial charge in [0.15, 0.2) is 0 Å². The van der Waals surface area contributed by atoms with Crippen molar-refractivity contribution in [2.45, 2.75) is 0 Å². The lowest BCUT2D eigenvalue weighted by Crippen LogP contribution is -2.19. The number of amides is 2. The zero-order chi connectivity index (χ0) is 17.6. The van der Waals surface area contributed by atoms with Crippen molar-refractivity contribution in [2.75, 3.05) is 17.7 Å². The van der Waals surface area contributed by atoms with Gasteiger partial charge in [0.2, 0.25) is 0 Å². The van der Waals surface area contributed by atoms with E-state index >= 15 is 0 Å². The van der Waals surface area contributed by atoms with Gasteiger partial charge in [-0.2, -0.15) is 0 Å². The number of hydrogen-bond acceptors (Lipinski definition) is 3. The maximum absolute atomic E-state index is 12.2. The van der Waals surface area contributed by atoms with Gasteiger partial charge in [0.05, 0.1) is 12.8 Å². The maximum Gasteiger partial charge on any atom is 0.323 e. The summed E-state index contributed by atoms with van der Waals surface area (Å²) in [6.07, 6.45) is 0. The van der Waals surface area contributed by atoms with E-state index in [4.69, 9.17) is 4.74 Å². The Hall–Kier alpha value is -3.47. The van der Waals surface area contributed by atoms with E-state index in [0.29, 0.717) is 17.1 Å². The van der Waals surface area contributed by atoms with Gasteiger partial charge in [-0.1, -0.05) is 36.4 Å². The third-order valence-corrected chi connectivity index (χ3v) is 3.70. The lowest BCUT2D eigenvalue weighted by Gasteiger charge is -2.11. The van der Waals surface area contributed by atoms with Crippen LogP contribution in [-0.2, 0) is 0 Å². The first kappa shape index (κ1) is 16.4. The fourth-order valence-electron chi connectivity index (χ4n) is 2.41. The van der Waals surface area contributed by atoms with Gasteiger partial charge < -0.3 is 20.5 Å². The predicted octanol–water partition coefficient (Wildman–Crippen LogP) is 4.71. The quantitative estimate of drug-likeness (QED) is 0.605. The number of urea groups is 1. The number of ether oxygens (including phenoxy) is 1. The summed E-state index contributed by atoms with van der Waals surface area (Å²) in [5, 5.41) is 15.4. The first-order chi connectivity index (χ1) is 12.2. The molecule has 0 saturated heterocycles. The molecule has 0 fully saturated rings. The number of aromatic hydroxyl groups is 1. The number of benzene rings is 3. The molecule has 3 N–H and O–H groups in total. The zero-order valence-corrected chi connectivity index (χ0v) is 13.7. The Morgan fingerprint density at radius 1 is 0.880 bits per heavy atom. The van der Waals surface area contributed by atoms with Crippen molar-refractivity contribution in [3.63, 3.8) is 0 Å². The van der Waals surface area contributed by atoms with E-state index in [-0.39, 0.29) is 5.75 Å². The van der Waals surface area contributed by atoms with Crippen LogP contribution in [-0.4, -0.2) is 18.2 Å². The van der Waals surface area contributed by atoms with Crippen LogP contribution in [0.1, 0.15) is 0 Å². The molecule has 3 aromatic carbocycles. The molecule has 0 aliphatic heterocycles. The minimum atomic E-state index is -0.439. The number of phenols is 1. The third kappa shape index (κ3) is 4.09. The minimum Gasteiger partial charge on any atom is -0.506 e. The van der Waals surface area contributed by atoms with E-state index in [1.54, 1.807) is 49.6 Å². The van der Waals surface area contributed by atoms with Crippen molar-refractivity contribution in [1.29, 1.82) is 0 Å². The third-order valence-electron chi connectivity index (χ3n) is 3.70. The van der Waals surface area contributed by atoms with Gasteiger partial charge >= 0.3 is 6.03 Å². The highest BCUT2D eigenvalue weighted by molar-refractivity contribution is 6.01. The van der Waals surface area contributed by atoms with Gasteiger partial charge in [-0.25, -0.2) is 4.79 Å². The summed E-state index contributed by atoms with van der Waals surface area (Å²) in [6, 6.07) is 21.4. The second-order valence-electron chi connectivity index (χ2n) is 5.41. The number of phenolic OH excluding ortho intramolecular Hbond substituents is 1. The molecule has 25 heavy (non-hydrogen) atoms. The molecule has 0 spiro atoms.